The minimum absolute atomic E-state index is 0.218. The van der Waals surface area contributed by atoms with Crippen LogP contribution in [0.4, 0.5) is 4.79 Å². The van der Waals surface area contributed by atoms with Gasteiger partial charge in [0.15, 0.2) is 0 Å². The van der Waals surface area contributed by atoms with Gasteiger partial charge in [-0.15, -0.1) is 0 Å². The van der Waals surface area contributed by atoms with E-state index in [0.717, 1.165) is 22.3 Å². The second-order valence-electron chi connectivity index (χ2n) is 8.68. The third-order valence-electron chi connectivity index (χ3n) is 6.50. The largest absolute Gasteiger partial charge is 0.445 e. The zero-order valence-electron chi connectivity index (χ0n) is 17.9. The summed E-state index contributed by atoms with van der Waals surface area (Å²) >= 11 is 0. The van der Waals surface area contributed by atoms with Crippen LogP contribution in [0, 0.1) is 0 Å². The van der Waals surface area contributed by atoms with Crippen LogP contribution in [0.15, 0.2) is 84.9 Å². The van der Waals surface area contributed by atoms with Crippen LogP contribution in [0.3, 0.4) is 0 Å². The van der Waals surface area contributed by atoms with Crippen molar-refractivity contribution >= 4 is 6.09 Å². The lowest BCUT2D eigenvalue weighted by molar-refractivity contribution is -0.136. The number of amides is 1. The fourth-order valence-electron chi connectivity index (χ4n) is 4.91. The summed E-state index contributed by atoms with van der Waals surface area (Å²) in [6.07, 6.45) is 0.511. The summed E-state index contributed by atoms with van der Waals surface area (Å²) < 4.78 is 11.3. The summed E-state index contributed by atoms with van der Waals surface area (Å²) in [4.78, 5) is 14.7. The summed E-state index contributed by atoms with van der Waals surface area (Å²) in [7, 11) is 0. The van der Waals surface area contributed by atoms with Crippen molar-refractivity contribution < 1.29 is 19.4 Å². The summed E-state index contributed by atoms with van der Waals surface area (Å²) in [5, 5.41) is 11.6. The van der Waals surface area contributed by atoms with Gasteiger partial charge in [0.2, 0.25) is 0 Å². The maximum absolute atomic E-state index is 12.9. The molecule has 1 amide bonds. The van der Waals surface area contributed by atoms with Crippen molar-refractivity contribution in [2.75, 3.05) is 13.2 Å². The summed E-state index contributed by atoms with van der Waals surface area (Å²) in [6, 6.07) is 27.5. The molecule has 2 aliphatic rings. The molecule has 164 valence electrons. The molecule has 2 aliphatic heterocycles. The van der Waals surface area contributed by atoms with Crippen molar-refractivity contribution in [1.29, 1.82) is 0 Å². The van der Waals surface area contributed by atoms with E-state index in [2.05, 4.69) is 24.3 Å². The van der Waals surface area contributed by atoms with E-state index in [1.165, 1.54) is 0 Å². The van der Waals surface area contributed by atoms with Crippen LogP contribution in [0.25, 0.3) is 11.1 Å². The first-order valence-electron chi connectivity index (χ1n) is 11.1. The number of morpholine rings is 1. The molecule has 5 heteroatoms. The maximum atomic E-state index is 12.9. The van der Waals surface area contributed by atoms with E-state index >= 15 is 0 Å². The first-order valence-corrected chi connectivity index (χ1v) is 11.1. The molecule has 2 heterocycles. The van der Waals surface area contributed by atoms with E-state index < -0.39 is 5.60 Å². The molecular weight excluding hydrogens is 402 g/mol. The fraction of sp³-hybridized carbons (Fsp3) is 0.296. The number of ether oxygens (including phenoxy) is 2. The molecule has 1 N–H and O–H groups in total. The number of rotatable bonds is 4. The van der Waals surface area contributed by atoms with E-state index in [1.807, 2.05) is 60.7 Å². The topological polar surface area (TPSA) is 59.0 Å². The molecule has 2 atom stereocenters. The molecule has 32 heavy (non-hydrogen) atoms. The van der Waals surface area contributed by atoms with Crippen LogP contribution in [0.2, 0.25) is 0 Å². The Hall–Kier alpha value is -3.15. The molecule has 5 rings (SSSR count). The lowest BCUT2D eigenvalue weighted by atomic mass is 9.76. The minimum atomic E-state index is -0.995. The molecule has 2 saturated heterocycles. The van der Waals surface area contributed by atoms with Gasteiger partial charge in [0.05, 0.1) is 30.9 Å². The van der Waals surface area contributed by atoms with E-state index in [1.54, 1.807) is 4.90 Å². The number of carbonyl (C=O) groups is 1. The Morgan fingerprint density at radius 1 is 0.875 bits per heavy atom. The molecule has 0 aliphatic carbocycles. The molecule has 0 radical (unpaired) electrons. The van der Waals surface area contributed by atoms with Crippen LogP contribution >= 0.6 is 0 Å². The van der Waals surface area contributed by atoms with E-state index in [-0.39, 0.29) is 24.8 Å². The maximum Gasteiger partial charge on any atom is 0.410 e. The number of hydrogen-bond donors (Lipinski definition) is 1. The first-order chi connectivity index (χ1) is 15.6. The molecule has 0 aromatic heterocycles. The van der Waals surface area contributed by atoms with Crippen molar-refractivity contribution in [2.24, 2.45) is 0 Å². The lowest BCUT2D eigenvalue weighted by Crippen LogP contribution is -2.62. The number of piperidine rings is 1. The Kier molecular flexibility index (Phi) is 5.68. The van der Waals surface area contributed by atoms with Gasteiger partial charge in [0.25, 0.3) is 0 Å². The van der Waals surface area contributed by atoms with Gasteiger partial charge < -0.3 is 14.6 Å². The first kappa shape index (κ1) is 20.7. The SMILES string of the molecule is O=C(OCc1ccccc1)N1C2COCC1CC(O)(c1ccc(-c3ccccc3)cc1)C2. The Balaban J connectivity index is 1.30. The summed E-state index contributed by atoms with van der Waals surface area (Å²) in [5.74, 6) is 0. The fourth-order valence-corrected chi connectivity index (χ4v) is 4.91. The Morgan fingerprint density at radius 3 is 2.06 bits per heavy atom. The highest BCUT2D eigenvalue weighted by atomic mass is 16.6. The van der Waals surface area contributed by atoms with Gasteiger partial charge >= 0.3 is 6.09 Å². The van der Waals surface area contributed by atoms with Gasteiger partial charge in [-0.1, -0.05) is 84.9 Å². The van der Waals surface area contributed by atoms with E-state index in [4.69, 9.17) is 9.47 Å². The van der Waals surface area contributed by atoms with Crippen molar-refractivity contribution in [3.63, 3.8) is 0 Å². The number of benzene rings is 3. The number of carbonyl (C=O) groups excluding carboxylic acids is 1. The molecule has 3 aromatic carbocycles. The molecule has 2 unspecified atom stereocenters. The third kappa shape index (κ3) is 4.14. The normalized spacial score (nSPS) is 24.7. The average molecular weight is 430 g/mol. The lowest BCUT2D eigenvalue weighted by Gasteiger charge is -2.51. The van der Waals surface area contributed by atoms with E-state index in [9.17, 15) is 9.90 Å². The predicted octanol–water partition coefficient (Wildman–Crippen LogP) is 4.74. The zero-order valence-corrected chi connectivity index (χ0v) is 17.9. The number of nitrogens with zero attached hydrogens (tertiary/aromatic N) is 1. The van der Waals surface area contributed by atoms with Crippen molar-refractivity contribution in [3.05, 3.63) is 96.1 Å². The molecular formula is C27H27NO4. The van der Waals surface area contributed by atoms with Crippen molar-refractivity contribution in [2.45, 2.75) is 37.1 Å². The van der Waals surface area contributed by atoms with Gasteiger partial charge in [-0.25, -0.2) is 4.79 Å². The number of hydrogen-bond acceptors (Lipinski definition) is 4. The molecule has 2 fully saturated rings. The van der Waals surface area contributed by atoms with Crippen LogP contribution in [0.1, 0.15) is 24.0 Å². The van der Waals surface area contributed by atoms with Crippen molar-refractivity contribution in [1.82, 2.24) is 4.90 Å². The Morgan fingerprint density at radius 2 is 1.44 bits per heavy atom. The van der Waals surface area contributed by atoms with Crippen LogP contribution < -0.4 is 0 Å². The quantitative estimate of drug-likeness (QED) is 0.651. The summed E-state index contributed by atoms with van der Waals surface area (Å²) in [6.45, 7) is 1.05. The third-order valence-corrected chi connectivity index (χ3v) is 6.50. The van der Waals surface area contributed by atoms with Gasteiger partial charge in [-0.05, 0) is 22.3 Å². The zero-order chi connectivity index (χ0) is 22.0. The molecule has 0 saturated carbocycles. The highest BCUT2D eigenvalue weighted by molar-refractivity contribution is 5.69. The standard InChI is InChI=1S/C27H27NO4/c29-26(32-17-20-7-3-1-4-8-20)28-24-15-27(30,16-25(28)19-31-18-24)23-13-11-22(12-14-23)21-9-5-2-6-10-21/h1-14,24-25,30H,15-19H2. The Labute approximate surface area is 188 Å². The molecule has 0 spiro atoms. The van der Waals surface area contributed by atoms with Crippen LogP contribution in [-0.4, -0.2) is 41.4 Å². The van der Waals surface area contributed by atoms with Gasteiger partial charge in [0, 0.05) is 12.8 Å². The Bertz CT molecular complexity index is 1040. The van der Waals surface area contributed by atoms with Crippen LogP contribution in [-0.2, 0) is 21.7 Å². The predicted molar refractivity (Wildman–Crippen MR) is 122 cm³/mol. The highest BCUT2D eigenvalue weighted by Gasteiger charge is 2.49. The van der Waals surface area contributed by atoms with Crippen LogP contribution in [0.5, 0.6) is 0 Å². The second-order valence-corrected chi connectivity index (χ2v) is 8.68. The summed E-state index contributed by atoms with van der Waals surface area (Å²) in [5.41, 5.74) is 3.10. The number of fused-ring (bicyclic) bond motifs is 2. The average Bonchev–Trinajstić information content (AvgIpc) is 2.83. The van der Waals surface area contributed by atoms with Gasteiger partial charge in [0.1, 0.15) is 6.61 Å². The van der Waals surface area contributed by atoms with Gasteiger partial charge in [-0.3, -0.25) is 4.90 Å². The van der Waals surface area contributed by atoms with Gasteiger partial charge in [-0.2, -0.15) is 0 Å². The highest BCUT2D eigenvalue weighted by Crippen LogP contribution is 2.41. The smallest absolute Gasteiger partial charge is 0.410 e. The molecule has 3 aromatic rings. The number of aliphatic hydroxyl groups is 1. The molecule has 2 bridgehead atoms. The van der Waals surface area contributed by atoms with Crippen molar-refractivity contribution in [3.8, 4) is 11.1 Å². The van der Waals surface area contributed by atoms with E-state index in [0.29, 0.717) is 26.1 Å². The monoisotopic (exact) mass is 429 g/mol. The second kappa shape index (κ2) is 8.77. The molecule has 5 nitrogen and oxygen atoms in total. The minimum Gasteiger partial charge on any atom is -0.445 e.